The maximum absolute atomic E-state index is 14.0. The molecule has 9 aromatic rings. The first-order chi connectivity index (χ1) is 29.7. The zero-order valence-corrected chi connectivity index (χ0v) is 35.1. The smallest absolute Gasteiger partial charge is 0.137 e. The lowest BCUT2D eigenvalue weighted by atomic mass is 9.87. The van der Waals surface area contributed by atoms with E-state index in [2.05, 4.69) is 170 Å². The van der Waals surface area contributed by atoms with Gasteiger partial charge in [-0.3, -0.25) is 4.57 Å². The second-order valence-electron chi connectivity index (χ2n) is 16.7. The summed E-state index contributed by atoms with van der Waals surface area (Å²) in [6.45, 7) is 11.8. The number of halogens is 1. The third-order valence-electron chi connectivity index (χ3n) is 11.9. The lowest BCUT2D eigenvalue weighted by molar-refractivity contribution is 0.483. The monoisotopic (exact) mass is 798 g/mol. The van der Waals surface area contributed by atoms with Gasteiger partial charge in [0.25, 0.3) is 0 Å². The van der Waals surface area contributed by atoms with E-state index >= 15 is 0 Å². The number of aromatic nitrogens is 2. The maximum Gasteiger partial charge on any atom is 0.137 e. The molecule has 0 amide bonds. The summed E-state index contributed by atoms with van der Waals surface area (Å²) in [4.78, 5) is 9.66. The lowest BCUT2D eigenvalue weighted by Gasteiger charge is -2.30. The zero-order valence-electron chi connectivity index (χ0n) is 35.1. The van der Waals surface area contributed by atoms with Crippen molar-refractivity contribution in [3.05, 3.63) is 192 Å². The van der Waals surface area contributed by atoms with Crippen LogP contribution in [0.2, 0.25) is 0 Å². The number of fused-ring (bicyclic) bond motifs is 4. The van der Waals surface area contributed by atoms with Crippen molar-refractivity contribution in [1.82, 2.24) is 9.55 Å². The minimum atomic E-state index is -0.229. The van der Waals surface area contributed by atoms with Gasteiger partial charge in [-0.05, 0) is 137 Å². The van der Waals surface area contributed by atoms with Crippen LogP contribution in [0.5, 0.6) is 11.5 Å². The number of hydrogen-bond donors (Lipinski definition) is 0. The van der Waals surface area contributed by atoms with Crippen molar-refractivity contribution in [3.63, 3.8) is 0 Å². The van der Waals surface area contributed by atoms with Crippen molar-refractivity contribution in [1.29, 1.82) is 0 Å². The van der Waals surface area contributed by atoms with Crippen molar-refractivity contribution in [2.75, 3.05) is 16.5 Å². The molecule has 0 radical (unpaired) electrons. The summed E-state index contributed by atoms with van der Waals surface area (Å²) in [5, 5.41) is 2.31. The van der Waals surface area contributed by atoms with Gasteiger partial charge in [0.1, 0.15) is 29.8 Å². The highest BCUT2D eigenvalue weighted by atomic mass is 19.1. The Kier molecular flexibility index (Phi) is 9.64. The molecule has 2 aromatic heterocycles. The SMILES string of the molecule is Cc1ccc2c(c1)N(c1c(C(C)C)cc(-c3ccc(F)cc3)cc1C(C)C)CN2c1cc(Oc2ccc3c4ccccc4n(-c4ccccn4)c3c2)cc(-c2ccccc2)c1. The molecule has 0 spiro atoms. The van der Waals surface area contributed by atoms with Crippen LogP contribution in [0.15, 0.2) is 170 Å². The van der Waals surface area contributed by atoms with Gasteiger partial charge in [-0.1, -0.05) is 100 Å². The van der Waals surface area contributed by atoms with Gasteiger partial charge in [0.2, 0.25) is 0 Å². The van der Waals surface area contributed by atoms with E-state index in [0.717, 1.165) is 67.4 Å². The molecule has 5 nitrogen and oxygen atoms in total. The predicted molar refractivity (Wildman–Crippen MR) is 251 cm³/mol. The first kappa shape index (κ1) is 38.0. The fourth-order valence-electron chi connectivity index (χ4n) is 8.94. The van der Waals surface area contributed by atoms with Crippen molar-refractivity contribution in [2.45, 2.75) is 46.5 Å². The Balaban J connectivity index is 1.10. The number of nitrogens with zero attached hydrogens (tertiary/aromatic N) is 4. The maximum atomic E-state index is 14.0. The highest BCUT2D eigenvalue weighted by Gasteiger charge is 2.33. The van der Waals surface area contributed by atoms with E-state index in [1.165, 1.54) is 33.5 Å². The first-order valence-electron chi connectivity index (χ1n) is 21.1. The molecule has 6 heteroatoms. The Bertz CT molecular complexity index is 3030. The summed E-state index contributed by atoms with van der Waals surface area (Å²) >= 11 is 0. The topological polar surface area (TPSA) is 33.5 Å². The van der Waals surface area contributed by atoms with Gasteiger partial charge in [0.15, 0.2) is 0 Å². The van der Waals surface area contributed by atoms with E-state index in [1.54, 1.807) is 12.1 Å². The van der Waals surface area contributed by atoms with E-state index < -0.39 is 0 Å². The standard InChI is InChI=1S/C55H47FN4O/c1-35(2)48-30-41(39-19-21-42(56)22-20-39)31-49(36(3)4)55(48)59-34-58(51-25-18-37(5)27-53(51)59)43-28-40(38-13-7-6-8-14-38)29-45(32-43)61-44-23-24-47-46-15-9-10-16-50(46)60(52(47)33-44)54-17-11-12-26-57-54/h6-33,35-36H,34H2,1-5H3. The molecule has 0 fully saturated rings. The molecule has 0 atom stereocenters. The molecule has 0 saturated carbocycles. The van der Waals surface area contributed by atoms with Crippen LogP contribution in [0.3, 0.4) is 0 Å². The van der Waals surface area contributed by atoms with Crippen LogP contribution in [0.4, 0.5) is 27.1 Å². The van der Waals surface area contributed by atoms with Crippen LogP contribution in [0.1, 0.15) is 56.2 Å². The van der Waals surface area contributed by atoms with E-state index in [1.807, 2.05) is 36.5 Å². The highest BCUT2D eigenvalue weighted by molar-refractivity contribution is 6.09. The molecule has 0 bridgehead atoms. The normalized spacial score (nSPS) is 12.6. The molecule has 0 unspecified atom stereocenters. The van der Waals surface area contributed by atoms with Gasteiger partial charge in [-0.25, -0.2) is 9.37 Å². The molecular weight excluding hydrogens is 752 g/mol. The number of hydrogen-bond acceptors (Lipinski definition) is 4. The molecule has 1 aliphatic rings. The summed E-state index contributed by atoms with van der Waals surface area (Å²) in [5.74, 6) is 2.60. The predicted octanol–water partition coefficient (Wildman–Crippen LogP) is 15.2. The van der Waals surface area contributed by atoms with Gasteiger partial charge in [0, 0.05) is 40.5 Å². The highest BCUT2D eigenvalue weighted by Crippen LogP contribution is 2.51. The molecular formula is C55H47FN4O. The van der Waals surface area contributed by atoms with Gasteiger partial charge < -0.3 is 14.5 Å². The van der Waals surface area contributed by atoms with Gasteiger partial charge >= 0.3 is 0 Å². The molecule has 0 saturated heterocycles. The molecule has 1 aliphatic heterocycles. The largest absolute Gasteiger partial charge is 0.457 e. The fourth-order valence-corrected chi connectivity index (χ4v) is 8.94. The van der Waals surface area contributed by atoms with Crippen LogP contribution in [-0.2, 0) is 0 Å². The Labute approximate surface area is 356 Å². The number of pyridine rings is 1. The first-order valence-corrected chi connectivity index (χ1v) is 21.1. The molecule has 3 heterocycles. The fraction of sp³-hybridized carbons (Fsp3) is 0.145. The van der Waals surface area contributed by atoms with Crippen LogP contribution in [-0.4, -0.2) is 16.2 Å². The van der Waals surface area contributed by atoms with Crippen molar-refractivity contribution in [3.8, 4) is 39.6 Å². The minimum absolute atomic E-state index is 0.229. The number of anilines is 4. The average Bonchev–Trinajstić information content (AvgIpc) is 3.82. The summed E-state index contributed by atoms with van der Waals surface area (Å²) in [5.41, 5.74) is 14.7. The van der Waals surface area contributed by atoms with Gasteiger partial charge in [-0.2, -0.15) is 0 Å². The number of rotatable bonds is 9. The summed E-state index contributed by atoms with van der Waals surface area (Å²) in [6, 6.07) is 56.2. The molecule has 10 rings (SSSR count). The van der Waals surface area contributed by atoms with E-state index in [-0.39, 0.29) is 17.7 Å². The van der Waals surface area contributed by atoms with Crippen LogP contribution in [0, 0.1) is 12.7 Å². The molecule has 7 aromatic carbocycles. The Morgan fingerprint density at radius 3 is 1.97 bits per heavy atom. The number of ether oxygens (including phenoxy) is 1. The molecule has 0 aliphatic carbocycles. The number of para-hydroxylation sites is 1. The Morgan fingerprint density at radius 2 is 1.23 bits per heavy atom. The van der Waals surface area contributed by atoms with Crippen LogP contribution in [0.25, 0.3) is 49.9 Å². The average molecular weight is 799 g/mol. The van der Waals surface area contributed by atoms with Gasteiger partial charge in [0.05, 0.1) is 22.4 Å². The number of aryl methyl sites for hydroxylation is 1. The number of benzene rings is 7. The summed E-state index contributed by atoms with van der Waals surface area (Å²) < 4.78 is 23.2. The summed E-state index contributed by atoms with van der Waals surface area (Å²) in [6.07, 6.45) is 1.84. The lowest BCUT2D eigenvalue weighted by Crippen LogP contribution is -2.26. The van der Waals surface area contributed by atoms with Gasteiger partial charge in [-0.15, -0.1) is 0 Å². The Morgan fingerprint density at radius 1 is 0.541 bits per heavy atom. The van der Waals surface area contributed by atoms with Crippen molar-refractivity contribution >= 4 is 44.6 Å². The second kappa shape index (κ2) is 15.4. The third-order valence-corrected chi connectivity index (χ3v) is 11.9. The quantitative estimate of drug-likeness (QED) is 0.146. The molecule has 300 valence electrons. The Hall–Kier alpha value is -7.18. The third kappa shape index (κ3) is 6.98. The second-order valence-corrected chi connectivity index (χ2v) is 16.7. The van der Waals surface area contributed by atoms with E-state index in [4.69, 9.17) is 9.72 Å². The molecule has 0 N–H and O–H groups in total. The van der Waals surface area contributed by atoms with E-state index in [0.29, 0.717) is 6.67 Å². The van der Waals surface area contributed by atoms with E-state index in [9.17, 15) is 4.39 Å². The van der Waals surface area contributed by atoms with Crippen molar-refractivity contribution in [2.24, 2.45) is 0 Å². The zero-order chi connectivity index (χ0) is 41.8. The minimum Gasteiger partial charge on any atom is -0.457 e. The molecule has 61 heavy (non-hydrogen) atoms. The van der Waals surface area contributed by atoms with Crippen LogP contribution < -0.4 is 14.5 Å². The summed E-state index contributed by atoms with van der Waals surface area (Å²) in [7, 11) is 0. The van der Waals surface area contributed by atoms with Crippen molar-refractivity contribution < 1.29 is 9.13 Å². The van der Waals surface area contributed by atoms with Crippen LogP contribution >= 0.6 is 0 Å².